The Morgan fingerprint density at radius 1 is 0.959 bits per heavy atom. The van der Waals surface area contributed by atoms with Crippen LogP contribution in [0.25, 0.3) is 10.4 Å². The Hall–Kier alpha value is -5.65. The molecule has 3 amide bonds. The molecule has 7 rings (SSSR count). The van der Waals surface area contributed by atoms with Gasteiger partial charge in [-0.15, -0.1) is 11.3 Å². The van der Waals surface area contributed by atoms with Gasteiger partial charge in [0, 0.05) is 31.7 Å². The van der Waals surface area contributed by atoms with Gasteiger partial charge in [0.2, 0.25) is 23.7 Å². The molecule has 17 heteroatoms. The minimum absolute atomic E-state index is 0.00155. The van der Waals surface area contributed by atoms with E-state index in [4.69, 9.17) is 26.1 Å². The van der Waals surface area contributed by atoms with Gasteiger partial charge in [0.25, 0.3) is 0 Å². The van der Waals surface area contributed by atoms with E-state index in [0.29, 0.717) is 41.8 Å². The Balaban J connectivity index is 0.884. The summed E-state index contributed by atoms with van der Waals surface area (Å²) in [6, 6.07) is 18.6. The summed E-state index contributed by atoms with van der Waals surface area (Å²) < 4.78 is 12.3. The van der Waals surface area contributed by atoms with Crippen LogP contribution in [0.15, 0.2) is 72.4 Å². The van der Waals surface area contributed by atoms with Crippen molar-refractivity contribution >= 4 is 63.8 Å². The predicted octanol–water partition coefficient (Wildman–Crippen LogP) is 9.74. The number of ether oxygens (including phenoxy) is 2. The van der Waals surface area contributed by atoms with Crippen molar-refractivity contribution in [1.82, 2.24) is 35.4 Å². The fourth-order valence-corrected chi connectivity index (χ4v) is 10.4. The normalized spacial score (nSPS) is 17.0. The highest BCUT2D eigenvalue weighted by Crippen LogP contribution is 2.39. The first-order chi connectivity index (χ1) is 34.8. The van der Waals surface area contributed by atoms with E-state index in [2.05, 4.69) is 81.2 Å². The van der Waals surface area contributed by atoms with Crippen molar-refractivity contribution < 1.29 is 29.0 Å². The van der Waals surface area contributed by atoms with Gasteiger partial charge in [-0.3, -0.25) is 14.4 Å². The molecule has 4 heterocycles. The van der Waals surface area contributed by atoms with E-state index in [1.165, 1.54) is 16.0 Å². The van der Waals surface area contributed by atoms with Gasteiger partial charge in [-0.2, -0.15) is 4.98 Å². The zero-order valence-corrected chi connectivity index (χ0v) is 45.5. The third-order valence-corrected chi connectivity index (χ3v) is 14.8. The molecule has 3 aromatic carbocycles. The first-order valence-electron chi connectivity index (χ1n) is 25.6. The summed E-state index contributed by atoms with van der Waals surface area (Å²) in [6.07, 6.45) is 4.71. The quantitative estimate of drug-likeness (QED) is 0.0440. The van der Waals surface area contributed by atoms with Crippen LogP contribution in [0.2, 0.25) is 5.02 Å². The molecule has 0 saturated carbocycles. The molecule has 5 aromatic rings. The van der Waals surface area contributed by atoms with E-state index in [9.17, 15) is 19.5 Å². The molecule has 392 valence electrons. The lowest BCUT2D eigenvalue weighted by atomic mass is 9.85. The number of aryl methyl sites for hydroxylation is 3. The van der Waals surface area contributed by atoms with Crippen molar-refractivity contribution in [2.45, 2.75) is 131 Å². The van der Waals surface area contributed by atoms with Crippen LogP contribution in [0.4, 0.5) is 23.1 Å². The van der Waals surface area contributed by atoms with Crippen LogP contribution >= 0.6 is 22.9 Å². The van der Waals surface area contributed by atoms with Crippen molar-refractivity contribution in [2.24, 2.45) is 11.3 Å². The molecule has 1 unspecified atom stereocenters. The number of amides is 3. The number of piperidine rings is 1. The van der Waals surface area contributed by atoms with Gasteiger partial charge < -0.3 is 45.6 Å². The number of nitrogens with one attached hydrogen (secondary N) is 4. The van der Waals surface area contributed by atoms with Gasteiger partial charge in [0.05, 0.1) is 46.8 Å². The second-order valence-corrected chi connectivity index (χ2v) is 22.5. The summed E-state index contributed by atoms with van der Waals surface area (Å²) in [5.41, 5.74) is 9.40. The number of para-hydroxylation sites is 1. The summed E-state index contributed by atoms with van der Waals surface area (Å²) in [5, 5.41) is 23.8. The molecule has 0 aliphatic carbocycles. The molecule has 2 saturated heterocycles. The molecular formula is C56H74ClN9O6S. The van der Waals surface area contributed by atoms with E-state index in [0.717, 1.165) is 83.2 Å². The molecule has 15 nitrogen and oxygen atoms in total. The lowest BCUT2D eigenvalue weighted by molar-refractivity contribution is -0.144. The Bertz CT molecular complexity index is 2670. The number of β-amino-alcohol motifs (C(OH)–C–C–N with tert-alkyl or cyclic N) is 1. The number of aliphatic hydroxyl groups excluding tert-OH is 1. The summed E-state index contributed by atoms with van der Waals surface area (Å²) in [5.74, 6) is 1.38. The summed E-state index contributed by atoms with van der Waals surface area (Å²) in [6.45, 7) is 21.0. The molecule has 2 aliphatic heterocycles. The Kier molecular flexibility index (Phi) is 18.9. The largest absolute Gasteiger partial charge is 0.489 e. The van der Waals surface area contributed by atoms with Crippen LogP contribution in [0.5, 0.6) is 5.75 Å². The molecule has 3 atom stereocenters. The number of benzene rings is 3. The average Bonchev–Trinajstić information content (AvgIpc) is 3.97. The van der Waals surface area contributed by atoms with E-state index in [1.807, 2.05) is 83.5 Å². The van der Waals surface area contributed by atoms with Crippen LogP contribution in [0.3, 0.4) is 0 Å². The third kappa shape index (κ3) is 15.0. The molecule has 2 aliphatic rings. The van der Waals surface area contributed by atoms with Crippen molar-refractivity contribution in [3.63, 3.8) is 0 Å². The van der Waals surface area contributed by atoms with Crippen LogP contribution in [0, 0.1) is 25.2 Å². The predicted molar refractivity (Wildman–Crippen MR) is 291 cm³/mol. The number of carbonyl (C=O) groups excluding carboxylic acids is 3. The van der Waals surface area contributed by atoms with Crippen LogP contribution < -0.4 is 26.0 Å². The molecule has 73 heavy (non-hydrogen) atoms. The zero-order chi connectivity index (χ0) is 52.4. The molecule has 0 spiro atoms. The standard InChI is InChI=1S/C56H74ClN9O6S/c1-34(2)14-17-40-12-10-11-13-45(40)61-52-44(57)30-59-55(64-52)62-46-26-36(5)43(28-48(46)72-35(3)4)39-20-22-65(23-21-39)24-25-71-32-49(68)63-51(56(7,8)9)54(70)66-31-42(67)27-47(66)53(69)58-29-38-15-18-41(19-16-38)50-37(6)60-33-73-50/h10-13,15-16,18-19,26,28,30,33-35,39,42,47,51,67H,14,17,20-25,27,29,31-32H2,1-9H3,(H,58,69)(H,63,68)(H2,59,61,62,64)/t42-,47+,51?/m1/s1. The van der Waals surface area contributed by atoms with Gasteiger partial charge in [-0.25, -0.2) is 9.97 Å². The number of thiazole rings is 1. The van der Waals surface area contributed by atoms with E-state index in [-0.39, 0.29) is 38.1 Å². The van der Waals surface area contributed by atoms with Gasteiger partial charge >= 0.3 is 0 Å². The monoisotopic (exact) mass is 1040 g/mol. The summed E-state index contributed by atoms with van der Waals surface area (Å²) in [4.78, 5) is 59.5. The number of hydrogen-bond donors (Lipinski definition) is 5. The minimum atomic E-state index is -0.945. The maximum Gasteiger partial charge on any atom is 0.246 e. The Morgan fingerprint density at radius 3 is 2.38 bits per heavy atom. The highest BCUT2D eigenvalue weighted by Gasteiger charge is 2.44. The summed E-state index contributed by atoms with van der Waals surface area (Å²) >= 11 is 8.21. The average molecular weight is 1040 g/mol. The maximum absolute atomic E-state index is 14.1. The van der Waals surface area contributed by atoms with Crippen molar-refractivity contribution in [1.29, 1.82) is 0 Å². The number of halogens is 1. The van der Waals surface area contributed by atoms with E-state index in [1.54, 1.807) is 17.5 Å². The zero-order valence-electron chi connectivity index (χ0n) is 43.9. The van der Waals surface area contributed by atoms with Crippen molar-refractivity contribution in [2.75, 3.05) is 50.0 Å². The molecule has 2 fully saturated rings. The smallest absolute Gasteiger partial charge is 0.246 e. The number of aromatic nitrogens is 3. The van der Waals surface area contributed by atoms with Crippen molar-refractivity contribution in [3.8, 4) is 16.2 Å². The fraction of sp³-hybridized carbons (Fsp3) is 0.500. The lowest BCUT2D eigenvalue weighted by Crippen LogP contribution is -2.58. The second-order valence-electron chi connectivity index (χ2n) is 21.2. The topological polar surface area (TPSA) is 183 Å². The highest BCUT2D eigenvalue weighted by molar-refractivity contribution is 7.13. The van der Waals surface area contributed by atoms with E-state index >= 15 is 0 Å². The van der Waals surface area contributed by atoms with Gasteiger partial charge in [0.15, 0.2) is 5.82 Å². The van der Waals surface area contributed by atoms with Crippen LogP contribution in [-0.2, 0) is 32.1 Å². The molecule has 2 aromatic heterocycles. The van der Waals surface area contributed by atoms with Crippen LogP contribution in [0.1, 0.15) is 108 Å². The number of hydrogen-bond acceptors (Lipinski definition) is 13. The molecule has 0 radical (unpaired) electrons. The lowest BCUT2D eigenvalue weighted by Gasteiger charge is -2.35. The fourth-order valence-electron chi connectivity index (χ4n) is 9.47. The first-order valence-corrected chi connectivity index (χ1v) is 26.9. The van der Waals surface area contributed by atoms with E-state index < -0.39 is 35.4 Å². The van der Waals surface area contributed by atoms with Gasteiger partial charge in [-0.1, -0.05) is 88.7 Å². The Morgan fingerprint density at radius 2 is 1.70 bits per heavy atom. The number of anilines is 4. The van der Waals surface area contributed by atoms with Gasteiger partial charge in [-0.05, 0) is 130 Å². The number of likely N-dealkylation sites (tertiary alicyclic amines) is 2. The van der Waals surface area contributed by atoms with Gasteiger partial charge in [0.1, 0.15) is 29.5 Å². The number of aliphatic hydroxyl groups is 1. The highest BCUT2D eigenvalue weighted by atomic mass is 35.5. The number of rotatable bonds is 21. The molecule has 0 bridgehead atoms. The Labute approximate surface area is 440 Å². The first kappa shape index (κ1) is 55.1. The second kappa shape index (κ2) is 25.1. The molecular weight excluding hydrogens is 962 g/mol. The number of carbonyl (C=O) groups is 3. The molecule has 5 N–H and O–H groups in total. The maximum atomic E-state index is 14.1. The third-order valence-electron chi connectivity index (χ3n) is 13.5. The van der Waals surface area contributed by atoms with Crippen molar-refractivity contribution in [3.05, 3.63) is 105 Å². The van der Waals surface area contributed by atoms with Crippen LogP contribution in [-0.4, -0.2) is 111 Å². The number of nitrogens with zero attached hydrogens (tertiary/aromatic N) is 5. The minimum Gasteiger partial charge on any atom is -0.489 e. The SMILES string of the molecule is Cc1cc(Nc2ncc(Cl)c(Nc3ccccc3CCC(C)C)n2)c(OC(C)C)cc1C1CCN(CCOCC(=O)NC(C(=O)N2C[C@H](O)C[C@H]2C(=O)NCc2ccc(-c3scnc3C)cc2)C(C)(C)C)CC1. The summed E-state index contributed by atoms with van der Waals surface area (Å²) in [7, 11) is 0.